The molecule has 0 atom stereocenters. The Morgan fingerprint density at radius 1 is 1.17 bits per heavy atom. The molecule has 0 aliphatic carbocycles. The lowest BCUT2D eigenvalue weighted by atomic mass is 10.1. The largest absolute Gasteiger partial charge is 0.352 e. The number of imidazole rings is 1. The lowest BCUT2D eigenvalue weighted by Gasteiger charge is -2.06. The lowest BCUT2D eigenvalue weighted by Crippen LogP contribution is -2.24. The standard InChI is InChI=1S/C18H19N3OS/c1-12-20-16-8-5-14(9-17(16)21-12)11-19-18(22)10-13-3-6-15(23-2)7-4-13/h3-9H,10-11H2,1-2H3,(H,19,22)(H,20,21). The second-order valence-electron chi connectivity index (χ2n) is 5.48. The maximum atomic E-state index is 12.1. The van der Waals surface area contributed by atoms with Gasteiger partial charge in [-0.25, -0.2) is 4.98 Å². The van der Waals surface area contributed by atoms with E-state index < -0.39 is 0 Å². The van der Waals surface area contributed by atoms with Crippen molar-refractivity contribution >= 4 is 28.7 Å². The highest BCUT2D eigenvalue weighted by Gasteiger charge is 2.05. The van der Waals surface area contributed by atoms with E-state index >= 15 is 0 Å². The number of hydrogen-bond donors (Lipinski definition) is 2. The lowest BCUT2D eigenvalue weighted by molar-refractivity contribution is -0.120. The van der Waals surface area contributed by atoms with Crippen LogP contribution in [0.3, 0.4) is 0 Å². The molecule has 3 aromatic rings. The van der Waals surface area contributed by atoms with E-state index in [0.717, 1.165) is 28.0 Å². The van der Waals surface area contributed by atoms with Gasteiger partial charge >= 0.3 is 0 Å². The van der Waals surface area contributed by atoms with Crippen molar-refractivity contribution < 1.29 is 4.79 Å². The Labute approximate surface area is 139 Å². The van der Waals surface area contributed by atoms with Crippen molar-refractivity contribution in [3.63, 3.8) is 0 Å². The van der Waals surface area contributed by atoms with Crippen LogP contribution in [0.1, 0.15) is 17.0 Å². The Morgan fingerprint density at radius 3 is 2.65 bits per heavy atom. The van der Waals surface area contributed by atoms with Gasteiger partial charge in [-0.15, -0.1) is 11.8 Å². The van der Waals surface area contributed by atoms with E-state index in [4.69, 9.17) is 0 Å². The van der Waals surface area contributed by atoms with Crippen molar-refractivity contribution in [1.29, 1.82) is 0 Å². The van der Waals surface area contributed by atoms with Crippen molar-refractivity contribution in [2.24, 2.45) is 0 Å². The van der Waals surface area contributed by atoms with Gasteiger partial charge in [0, 0.05) is 11.4 Å². The highest BCUT2D eigenvalue weighted by Crippen LogP contribution is 2.15. The zero-order valence-electron chi connectivity index (χ0n) is 13.2. The number of nitrogens with one attached hydrogen (secondary N) is 2. The van der Waals surface area contributed by atoms with Gasteiger partial charge in [-0.2, -0.15) is 0 Å². The van der Waals surface area contributed by atoms with E-state index in [0.29, 0.717) is 13.0 Å². The first-order valence-corrected chi connectivity index (χ1v) is 8.71. The number of aromatic amines is 1. The molecule has 5 heteroatoms. The summed E-state index contributed by atoms with van der Waals surface area (Å²) in [5, 5.41) is 2.97. The van der Waals surface area contributed by atoms with E-state index in [-0.39, 0.29) is 5.91 Å². The predicted molar refractivity (Wildman–Crippen MR) is 94.6 cm³/mol. The van der Waals surface area contributed by atoms with Crippen molar-refractivity contribution in [3.05, 3.63) is 59.4 Å². The quantitative estimate of drug-likeness (QED) is 0.706. The Morgan fingerprint density at radius 2 is 1.91 bits per heavy atom. The summed E-state index contributed by atoms with van der Waals surface area (Å²) >= 11 is 1.70. The molecular formula is C18H19N3OS. The molecule has 0 saturated heterocycles. The number of aryl methyl sites for hydroxylation is 1. The highest BCUT2D eigenvalue weighted by atomic mass is 32.2. The summed E-state index contributed by atoms with van der Waals surface area (Å²) in [5.74, 6) is 0.928. The molecule has 23 heavy (non-hydrogen) atoms. The molecule has 0 unspecified atom stereocenters. The topological polar surface area (TPSA) is 57.8 Å². The monoisotopic (exact) mass is 325 g/mol. The van der Waals surface area contributed by atoms with E-state index in [1.165, 1.54) is 4.90 Å². The van der Waals surface area contributed by atoms with Gasteiger partial charge in [-0.1, -0.05) is 18.2 Å². The molecule has 1 heterocycles. The number of carbonyl (C=O) groups is 1. The second-order valence-corrected chi connectivity index (χ2v) is 6.35. The van der Waals surface area contributed by atoms with Crippen LogP contribution in [0.5, 0.6) is 0 Å². The molecule has 0 saturated carbocycles. The Hall–Kier alpha value is -2.27. The molecule has 1 aromatic heterocycles. The summed E-state index contributed by atoms with van der Waals surface area (Å²) in [6.07, 6.45) is 2.44. The fourth-order valence-electron chi connectivity index (χ4n) is 2.49. The number of hydrogen-bond acceptors (Lipinski definition) is 3. The molecule has 3 rings (SSSR count). The fraction of sp³-hybridized carbons (Fsp3) is 0.222. The average Bonchev–Trinajstić information content (AvgIpc) is 2.93. The van der Waals surface area contributed by atoms with Crippen molar-refractivity contribution in [3.8, 4) is 0 Å². The third-order valence-corrected chi connectivity index (χ3v) is 4.42. The Bertz CT molecular complexity index is 824. The molecule has 0 radical (unpaired) electrons. The van der Waals surface area contributed by atoms with Crippen LogP contribution in [0.2, 0.25) is 0 Å². The molecular weight excluding hydrogens is 306 g/mol. The van der Waals surface area contributed by atoms with Crippen molar-refractivity contribution in [1.82, 2.24) is 15.3 Å². The number of benzene rings is 2. The Balaban J connectivity index is 1.58. The molecule has 2 N–H and O–H groups in total. The van der Waals surface area contributed by atoms with E-state index in [2.05, 4.69) is 15.3 Å². The van der Waals surface area contributed by atoms with Gasteiger partial charge in [0.2, 0.25) is 5.91 Å². The van der Waals surface area contributed by atoms with E-state index in [1.807, 2.05) is 55.6 Å². The third kappa shape index (κ3) is 3.93. The van der Waals surface area contributed by atoms with Gasteiger partial charge in [0.15, 0.2) is 0 Å². The first-order chi connectivity index (χ1) is 11.1. The van der Waals surface area contributed by atoms with Crippen LogP contribution in [0, 0.1) is 6.92 Å². The molecule has 2 aromatic carbocycles. The number of H-pyrrole nitrogens is 1. The highest BCUT2D eigenvalue weighted by molar-refractivity contribution is 7.98. The summed E-state index contributed by atoms with van der Waals surface area (Å²) < 4.78 is 0. The normalized spacial score (nSPS) is 10.9. The van der Waals surface area contributed by atoms with Gasteiger partial charge in [0.25, 0.3) is 0 Å². The molecule has 118 valence electrons. The number of aromatic nitrogens is 2. The third-order valence-electron chi connectivity index (χ3n) is 3.68. The molecule has 0 spiro atoms. The van der Waals surface area contributed by atoms with Crippen molar-refractivity contribution in [2.45, 2.75) is 24.8 Å². The number of amides is 1. The summed E-state index contributed by atoms with van der Waals surface area (Å²) in [7, 11) is 0. The zero-order valence-corrected chi connectivity index (χ0v) is 14.0. The molecule has 0 aliphatic rings. The average molecular weight is 325 g/mol. The van der Waals surface area contributed by atoms with Gasteiger partial charge in [0.1, 0.15) is 5.82 Å². The number of carbonyl (C=O) groups excluding carboxylic acids is 1. The SMILES string of the molecule is CSc1ccc(CC(=O)NCc2ccc3nc(C)[nH]c3c2)cc1. The predicted octanol–water partition coefficient (Wildman–Crippen LogP) is 3.45. The first kappa shape index (κ1) is 15.6. The molecule has 4 nitrogen and oxygen atoms in total. The Kier molecular flexibility index (Phi) is 4.67. The number of rotatable bonds is 5. The minimum atomic E-state index is 0.0304. The van der Waals surface area contributed by atoms with Gasteiger partial charge in [-0.3, -0.25) is 4.79 Å². The smallest absolute Gasteiger partial charge is 0.224 e. The fourth-order valence-corrected chi connectivity index (χ4v) is 2.89. The van der Waals surface area contributed by atoms with E-state index in [1.54, 1.807) is 11.8 Å². The van der Waals surface area contributed by atoms with Gasteiger partial charge < -0.3 is 10.3 Å². The first-order valence-electron chi connectivity index (χ1n) is 7.49. The molecule has 0 aliphatic heterocycles. The maximum absolute atomic E-state index is 12.1. The zero-order chi connectivity index (χ0) is 16.2. The summed E-state index contributed by atoms with van der Waals surface area (Å²) in [6.45, 7) is 2.46. The van der Waals surface area contributed by atoms with Crippen LogP contribution in [0.15, 0.2) is 47.4 Å². The van der Waals surface area contributed by atoms with Crippen LogP contribution < -0.4 is 5.32 Å². The maximum Gasteiger partial charge on any atom is 0.224 e. The minimum absolute atomic E-state index is 0.0304. The van der Waals surface area contributed by atoms with Crippen LogP contribution in [0.4, 0.5) is 0 Å². The summed E-state index contributed by atoms with van der Waals surface area (Å²) in [6, 6.07) is 14.1. The van der Waals surface area contributed by atoms with Crippen LogP contribution in [0.25, 0.3) is 11.0 Å². The number of thioether (sulfide) groups is 1. The molecule has 0 fully saturated rings. The van der Waals surface area contributed by atoms with Crippen LogP contribution in [-0.2, 0) is 17.8 Å². The van der Waals surface area contributed by atoms with Crippen LogP contribution >= 0.6 is 11.8 Å². The summed E-state index contributed by atoms with van der Waals surface area (Å²) in [4.78, 5) is 20.9. The molecule has 1 amide bonds. The number of fused-ring (bicyclic) bond motifs is 1. The van der Waals surface area contributed by atoms with Gasteiger partial charge in [0.05, 0.1) is 17.5 Å². The summed E-state index contributed by atoms with van der Waals surface area (Å²) in [5.41, 5.74) is 4.04. The minimum Gasteiger partial charge on any atom is -0.352 e. The van der Waals surface area contributed by atoms with Gasteiger partial charge in [-0.05, 0) is 48.6 Å². The number of nitrogens with zero attached hydrogens (tertiary/aromatic N) is 1. The van der Waals surface area contributed by atoms with Crippen LogP contribution in [-0.4, -0.2) is 22.1 Å². The van der Waals surface area contributed by atoms with Crippen molar-refractivity contribution in [2.75, 3.05) is 6.26 Å². The second kappa shape index (κ2) is 6.87. The molecule has 0 bridgehead atoms. The van der Waals surface area contributed by atoms with E-state index in [9.17, 15) is 4.79 Å².